The highest BCUT2D eigenvalue weighted by atomic mass is 19.1. The first kappa shape index (κ1) is 38.1. The van der Waals surface area contributed by atoms with E-state index in [0.717, 1.165) is 40.2 Å². The highest BCUT2D eigenvalue weighted by Crippen LogP contribution is 2.56. The van der Waals surface area contributed by atoms with Crippen molar-refractivity contribution in [2.45, 2.75) is 57.5 Å². The molecular formula is C45H43FN10O6. The molecule has 0 unspecified atom stereocenters. The number of aliphatic hydroxyl groups excluding tert-OH is 1. The van der Waals surface area contributed by atoms with E-state index in [1.807, 2.05) is 41.9 Å². The van der Waals surface area contributed by atoms with E-state index in [0.29, 0.717) is 83.8 Å². The van der Waals surface area contributed by atoms with Crippen molar-refractivity contribution >= 4 is 27.7 Å². The van der Waals surface area contributed by atoms with Gasteiger partial charge >= 0.3 is 11.4 Å². The zero-order chi connectivity index (χ0) is 42.6. The van der Waals surface area contributed by atoms with Crippen LogP contribution in [0.2, 0.25) is 0 Å². The summed E-state index contributed by atoms with van der Waals surface area (Å²) in [6.45, 7) is 4.97. The summed E-state index contributed by atoms with van der Waals surface area (Å²) in [5.41, 5.74) is 5.27. The highest BCUT2D eigenvalue weighted by Gasteiger charge is 2.61. The lowest BCUT2D eigenvalue weighted by atomic mass is 9.91. The van der Waals surface area contributed by atoms with Gasteiger partial charge in [0.05, 0.1) is 35.3 Å². The number of imidazole rings is 1. The number of nitrogens with one attached hydrogen (secondary N) is 1. The molecule has 16 nitrogen and oxygen atoms in total. The van der Waals surface area contributed by atoms with Gasteiger partial charge in [-0.1, -0.05) is 11.2 Å². The third-order valence-electron chi connectivity index (χ3n) is 13.3. The molecule has 11 rings (SSSR count). The van der Waals surface area contributed by atoms with E-state index in [2.05, 4.69) is 27.4 Å². The number of hydrogen-bond donors (Lipinski definition) is 2. The van der Waals surface area contributed by atoms with Crippen molar-refractivity contribution < 1.29 is 23.6 Å². The molecule has 17 heteroatoms. The van der Waals surface area contributed by atoms with Gasteiger partial charge in [-0.3, -0.25) is 28.1 Å². The van der Waals surface area contributed by atoms with Crippen LogP contribution in [0, 0.1) is 25.6 Å². The number of rotatable bonds is 8. The average Bonchev–Trinajstić information content (AvgIpc) is 3.85. The Morgan fingerprint density at radius 3 is 2.48 bits per heavy atom. The number of nitrogens with zero attached hydrogens (tertiary/aromatic N) is 9. The molecule has 0 radical (unpaired) electrons. The third-order valence-corrected chi connectivity index (χ3v) is 13.3. The maximum atomic E-state index is 15.3. The minimum atomic E-state index is -1.04. The predicted octanol–water partition coefficient (Wildman–Crippen LogP) is 4.94. The molecule has 8 aromatic rings. The molecule has 62 heavy (non-hydrogen) atoms. The van der Waals surface area contributed by atoms with E-state index in [1.54, 1.807) is 63.4 Å². The summed E-state index contributed by atoms with van der Waals surface area (Å²) < 4.78 is 34.1. The quantitative estimate of drug-likeness (QED) is 0.215. The minimum Gasteiger partial charge on any atom is -0.396 e. The molecular weight excluding hydrogens is 796 g/mol. The fourth-order valence-corrected chi connectivity index (χ4v) is 9.93. The zero-order valence-corrected chi connectivity index (χ0v) is 34.3. The Morgan fingerprint density at radius 2 is 1.74 bits per heavy atom. The van der Waals surface area contributed by atoms with Gasteiger partial charge in [-0.25, -0.2) is 18.7 Å². The second-order valence-corrected chi connectivity index (χ2v) is 16.9. The van der Waals surface area contributed by atoms with Crippen molar-refractivity contribution in [1.29, 1.82) is 0 Å². The number of carbonyl (C=O) groups is 1. The SMILES string of the molecule is Cc1cc(-n2nc3c(c2-n2ccn(-c4ccc5c(cnn5C)c4)c2=O)CN(C(=O)c2cc4cc(C5CCOCC5)ccc4n2[C@@]2(c4noc(=O)[nH]4)C[C@@H]2CO)CC3)cc(C)c1F. The Balaban J connectivity index is 1.04. The second-order valence-electron chi connectivity index (χ2n) is 16.9. The lowest BCUT2D eigenvalue weighted by Crippen LogP contribution is -2.39. The Hall–Kier alpha value is -6.85. The van der Waals surface area contributed by atoms with Crippen molar-refractivity contribution in [3.8, 4) is 17.2 Å². The molecule has 3 aromatic carbocycles. The number of halogens is 1. The van der Waals surface area contributed by atoms with Gasteiger partial charge in [-0.2, -0.15) is 10.2 Å². The van der Waals surface area contributed by atoms with Crippen LogP contribution < -0.4 is 11.4 Å². The number of aromatic amines is 1. The summed E-state index contributed by atoms with van der Waals surface area (Å²) in [5.74, 6) is -0.693. The summed E-state index contributed by atoms with van der Waals surface area (Å²) in [6, 6.07) is 17.2. The first-order valence-corrected chi connectivity index (χ1v) is 20.8. The van der Waals surface area contributed by atoms with Gasteiger partial charge in [0, 0.05) is 80.0 Å². The van der Waals surface area contributed by atoms with Crippen molar-refractivity contribution in [2.75, 3.05) is 26.4 Å². The molecule has 0 spiro atoms. The van der Waals surface area contributed by atoms with Gasteiger partial charge in [0.15, 0.2) is 5.82 Å². The number of hydrogen-bond acceptors (Lipinski definition) is 9. The number of amides is 1. The van der Waals surface area contributed by atoms with Gasteiger partial charge in [0.2, 0.25) is 0 Å². The number of aromatic nitrogens is 9. The summed E-state index contributed by atoms with van der Waals surface area (Å²) in [7, 11) is 1.86. The first-order valence-electron chi connectivity index (χ1n) is 20.8. The maximum Gasteiger partial charge on any atom is 0.438 e. The van der Waals surface area contributed by atoms with Gasteiger partial charge in [-0.05, 0) is 104 Å². The third kappa shape index (κ3) is 5.78. The predicted molar refractivity (Wildman–Crippen MR) is 225 cm³/mol. The van der Waals surface area contributed by atoms with E-state index in [4.69, 9.17) is 14.4 Å². The monoisotopic (exact) mass is 838 g/mol. The Morgan fingerprint density at radius 1 is 0.968 bits per heavy atom. The number of ether oxygens (including phenoxy) is 1. The van der Waals surface area contributed by atoms with Gasteiger partial charge < -0.3 is 19.3 Å². The van der Waals surface area contributed by atoms with Gasteiger partial charge in [-0.15, -0.1) is 0 Å². The molecule has 0 bridgehead atoms. The van der Waals surface area contributed by atoms with Crippen molar-refractivity contribution in [1.82, 2.24) is 48.3 Å². The lowest BCUT2D eigenvalue weighted by Gasteiger charge is -2.29. The molecule has 316 valence electrons. The summed E-state index contributed by atoms with van der Waals surface area (Å²) in [5, 5.41) is 25.8. The number of fused-ring (bicyclic) bond motifs is 3. The molecule has 1 saturated heterocycles. The molecule has 5 aromatic heterocycles. The molecule has 7 heterocycles. The largest absolute Gasteiger partial charge is 0.438 e. The number of carbonyl (C=O) groups excluding carboxylic acids is 1. The van der Waals surface area contributed by atoms with Gasteiger partial charge in [0.25, 0.3) is 5.91 Å². The molecule has 2 N–H and O–H groups in total. The van der Waals surface area contributed by atoms with Crippen molar-refractivity contribution in [2.24, 2.45) is 13.0 Å². The fraction of sp³-hybridized carbons (Fsp3) is 0.333. The first-order chi connectivity index (χ1) is 30.0. The van der Waals surface area contributed by atoms with Crippen molar-refractivity contribution in [3.63, 3.8) is 0 Å². The van der Waals surface area contributed by atoms with Crippen LogP contribution in [0.15, 0.2) is 87.3 Å². The van der Waals surface area contributed by atoms with Crippen molar-refractivity contribution in [3.05, 3.63) is 140 Å². The summed E-state index contributed by atoms with van der Waals surface area (Å²) in [6.07, 6.45) is 7.72. The Bertz CT molecular complexity index is 3210. The van der Waals surface area contributed by atoms with E-state index in [1.165, 1.54) is 4.57 Å². The van der Waals surface area contributed by atoms with E-state index >= 15 is 9.18 Å². The molecule has 1 amide bonds. The normalized spacial score (nSPS) is 19.2. The Labute approximate surface area is 352 Å². The maximum absolute atomic E-state index is 15.3. The topological polar surface area (TPSA) is 176 Å². The van der Waals surface area contributed by atoms with Gasteiger partial charge in [0.1, 0.15) is 22.9 Å². The number of aryl methyl sites for hydroxylation is 3. The molecule has 2 fully saturated rings. The van der Waals surface area contributed by atoms with Crippen LogP contribution in [0.1, 0.15) is 69.4 Å². The number of benzene rings is 3. The molecule has 1 aliphatic carbocycles. The molecule has 2 atom stereocenters. The van der Waals surface area contributed by atoms with E-state index < -0.39 is 11.3 Å². The summed E-state index contributed by atoms with van der Waals surface area (Å²) in [4.78, 5) is 46.7. The lowest BCUT2D eigenvalue weighted by molar-refractivity contribution is 0.0720. The minimum absolute atomic E-state index is 0.105. The standard InChI is InChI=1S/C45H43FN10O6/c1-25-16-33(17-26(2)39(25)46)56-40(54-13-12-53(44(54)60)32-5-7-36-30(19-32)22-47-51(36)3)34-23-52(11-8-35(34)49-56)41(58)38-20-29-18-28(27-9-14-61-15-10-27)4-6-37(29)55(38)45(21-31(45)24-57)42-48-43(59)62-50-42/h4-7,12-13,16-20,22,27,31,57H,8-11,14-15,21,23-24H2,1-3H3,(H,48,50,59)/t31-,45+/m1/s1. The van der Waals surface area contributed by atoms with Crippen LogP contribution in [0.5, 0.6) is 0 Å². The fourth-order valence-electron chi connectivity index (χ4n) is 9.93. The molecule has 2 aliphatic heterocycles. The van der Waals surface area contributed by atoms with Crippen LogP contribution in [-0.2, 0) is 30.3 Å². The Kier molecular flexibility index (Phi) is 8.67. The highest BCUT2D eigenvalue weighted by molar-refractivity contribution is 5.99. The van der Waals surface area contributed by atoms with Crippen LogP contribution >= 0.6 is 0 Å². The van der Waals surface area contributed by atoms with Crippen LogP contribution in [0.25, 0.3) is 39.0 Å². The zero-order valence-electron chi connectivity index (χ0n) is 34.3. The van der Waals surface area contributed by atoms with E-state index in [-0.39, 0.29) is 42.3 Å². The smallest absolute Gasteiger partial charge is 0.396 e. The van der Waals surface area contributed by atoms with Crippen LogP contribution in [-0.4, -0.2) is 85.7 Å². The number of H-pyrrole nitrogens is 1. The average molecular weight is 839 g/mol. The van der Waals surface area contributed by atoms with Crippen LogP contribution in [0.3, 0.4) is 0 Å². The number of aliphatic hydroxyl groups is 1. The van der Waals surface area contributed by atoms with Crippen LogP contribution in [0.4, 0.5) is 4.39 Å². The molecule has 3 aliphatic rings. The summed E-state index contributed by atoms with van der Waals surface area (Å²) >= 11 is 0. The second kappa shape index (κ2) is 14.1. The van der Waals surface area contributed by atoms with E-state index in [9.17, 15) is 14.7 Å². The molecule has 1 saturated carbocycles.